The van der Waals surface area contributed by atoms with Crippen molar-refractivity contribution < 1.29 is 19.1 Å². The molecule has 1 aliphatic heterocycles. The van der Waals surface area contributed by atoms with Crippen LogP contribution in [-0.2, 0) is 32.3 Å². The van der Waals surface area contributed by atoms with Gasteiger partial charge in [0.1, 0.15) is 6.42 Å². The van der Waals surface area contributed by atoms with Gasteiger partial charge in [0.25, 0.3) is 0 Å². The zero-order valence-electron chi connectivity index (χ0n) is 12.0. The number of esters is 1. The maximum atomic E-state index is 11.7. The van der Waals surface area contributed by atoms with E-state index in [-0.39, 0.29) is 12.2 Å². The third-order valence-corrected chi connectivity index (χ3v) is 3.49. The SMILES string of the molecule is O=C1CC(=O)C(c2cccc(COCc3ccccc3)c2)O1. The molecule has 1 saturated heterocycles. The molecule has 1 aliphatic rings. The van der Waals surface area contributed by atoms with Crippen molar-refractivity contribution in [3.05, 3.63) is 71.3 Å². The van der Waals surface area contributed by atoms with Gasteiger partial charge in [0.05, 0.1) is 13.2 Å². The zero-order valence-corrected chi connectivity index (χ0v) is 12.0. The molecule has 1 heterocycles. The Kier molecular flexibility index (Phi) is 4.30. The van der Waals surface area contributed by atoms with Gasteiger partial charge in [-0.1, -0.05) is 48.5 Å². The number of ketones is 1. The maximum absolute atomic E-state index is 11.7. The van der Waals surface area contributed by atoms with Gasteiger partial charge in [-0.05, 0) is 17.2 Å². The number of Topliss-reactive ketones (excluding diaryl/α,β-unsaturated/α-hetero) is 1. The molecule has 1 atom stereocenters. The van der Waals surface area contributed by atoms with E-state index in [1.54, 1.807) is 6.07 Å². The predicted octanol–water partition coefficient (Wildman–Crippen LogP) is 2.96. The molecule has 2 aromatic carbocycles. The van der Waals surface area contributed by atoms with Crippen LogP contribution in [0.3, 0.4) is 0 Å². The largest absolute Gasteiger partial charge is 0.449 e. The molecule has 4 nitrogen and oxygen atoms in total. The lowest BCUT2D eigenvalue weighted by Gasteiger charge is -2.10. The highest BCUT2D eigenvalue weighted by Crippen LogP contribution is 2.27. The third-order valence-electron chi connectivity index (χ3n) is 3.49. The van der Waals surface area contributed by atoms with Crippen molar-refractivity contribution in [2.24, 2.45) is 0 Å². The van der Waals surface area contributed by atoms with E-state index in [0.29, 0.717) is 18.8 Å². The van der Waals surface area contributed by atoms with Gasteiger partial charge in [0.2, 0.25) is 0 Å². The number of hydrogen-bond donors (Lipinski definition) is 0. The summed E-state index contributed by atoms with van der Waals surface area (Å²) in [6.45, 7) is 0.972. The number of cyclic esters (lactones) is 1. The fourth-order valence-corrected chi connectivity index (χ4v) is 2.43. The van der Waals surface area contributed by atoms with Crippen molar-refractivity contribution in [3.8, 4) is 0 Å². The Morgan fingerprint density at radius 1 is 0.955 bits per heavy atom. The van der Waals surface area contributed by atoms with Gasteiger partial charge in [-0.15, -0.1) is 0 Å². The third kappa shape index (κ3) is 3.40. The van der Waals surface area contributed by atoms with Crippen LogP contribution in [0.4, 0.5) is 0 Å². The minimum Gasteiger partial charge on any atom is -0.449 e. The van der Waals surface area contributed by atoms with Crippen molar-refractivity contribution in [3.63, 3.8) is 0 Å². The van der Waals surface area contributed by atoms with Crippen LogP contribution in [0.2, 0.25) is 0 Å². The first kappa shape index (κ1) is 14.5. The second kappa shape index (κ2) is 6.54. The summed E-state index contributed by atoms with van der Waals surface area (Å²) in [4.78, 5) is 22.9. The van der Waals surface area contributed by atoms with Crippen molar-refractivity contribution in [1.29, 1.82) is 0 Å². The second-order valence-corrected chi connectivity index (χ2v) is 5.24. The molecular formula is C18H16O4. The monoisotopic (exact) mass is 296 g/mol. The molecule has 4 heteroatoms. The lowest BCUT2D eigenvalue weighted by Crippen LogP contribution is -2.06. The summed E-state index contributed by atoms with van der Waals surface area (Å²) in [6, 6.07) is 17.3. The smallest absolute Gasteiger partial charge is 0.314 e. The molecule has 0 aliphatic carbocycles. The Labute approximate surface area is 128 Å². The summed E-state index contributed by atoms with van der Waals surface area (Å²) in [6.07, 6.45) is -0.902. The highest BCUT2D eigenvalue weighted by atomic mass is 16.6. The molecule has 112 valence electrons. The average Bonchev–Trinajstić information content (AvgIpc) is 2.87. The van der Waals surface area contributed by atoms with Crippen molar-refractivity contribution in [2.75, 3.05) is 0 Å². The summed E-state index contributed by atoms with van der Waals surface area (Å²) in [7, 11) is 0. The van der Waals surface area contributed by atoms with E-state index >= 15 is 0 Å². The molecule has 3 rings (SSSR count). The molecule has 22 heavy (non-hydrogen) atoms. The summed E-state index contributed by atoms with van der Waals surface area (Å²) in [5.41, 5.74) is 2.76. The van der Waals surface area contributed by atoms with E-state index in [1.807, 2.05) is 48.5 Å². The first-order valence-corrected chi connectivity index (χ1v) is 7.15. The number of ether oxygens (including phenoxy) is 2. The molecule has 0 amide bonds. The standard InChI is InChI=1S/C18H16O4/c19-16-10-17(20)22-18(16)15-8-4-7-14(9-15)12-21-11-13-5-2-1-3-6-13/h1-9,18H,10-12H2. The fourth-order valence-electron chi connectivity index (χ4n) is 2.43. The van der Waals surface area contributed by atoms with E-state index in [9.17, 15) is 9.59 Å². The van der Waals surface area contributed by atoms with E-state index in [2.05, 4.69) is 0 Å². The molecule has 0 spiro atoms. The quantitative estimate of drug-likeness (QED) is 0.629. The topological polar surface area (TPSA) is 52.6 Å². The van der Waals surface area contributed by atoms with E-state index < -0.39 is 12.1 Å². The number of benzene rings is 2. The van der Waals surface area contributed by atoms with E-state index in [1.165, 1.54) is 0 Å². The lowest BCUT2D eigenvalue weighted by atomic mass is 10.0. The zero-order chi connectivity index (χ0) is 15.4. The van der Waals surface area contributed by atoms with Gasteiger partial charge in [0.15, 0.2) is 11.9 Å². The summed E-state index contributed by atoms with van der Waals surface area (Å²) in [5.74, 6) is -0.645. The number of carbonyl (C=O) groups excluding carboxylic acids is 2. The Bertz CT molecular complexity index is 678. The maximum Gasteiger partial charge on any atom is 0.314 e. The van der Waals surface area contributed by atoms with E-state index in [4.69, 9.17) is 9.47 Å². The van der Waals surface area contributed by atoms with Gasteiger partial charge in [0, 0.05) is 5.56 Å². The number of hydrogen-bond acceptors (Lipinski definition) is 4. The van der Waals surface area contributed by atoms with Gasteiger partial charge in [-0.25, -0.2) is 0 Å². The first-order chi connectivity index (χ1) is 10.7. The highest BCUT2D eigenvalue weighted by Gasteiger charge is 2.33. The van der Waals surface area contributed by atoms with Crippen LogP contribution < -0.4 is 0 Å². The van der Waals surface area contributed by atoms with Crippen LogP contribution in [0.5, 0.6) is 0 Å². The van der Waals surface area contributed by atoms with Crippen molar-refractivity contribution in [1.82, 2.24) is 0 Å². The Morgan fingerprint density at radius 3 is 2.41 bits per heavy atom. The van der Waals surface area contributed by atoms with Gasteiger partial charge in [-0.3, -0.25) is 9.59 Å². The summed E-state index contributed by atoms with van der Waals surface area (Å²) >= 11 is 0. The molecule has 0 aromatic heterocycles. The normalized spacial score (nSPS) is 17.5. The van der Waals surface area contributed by atoms with E-state index in [0.717, 1.165) is 11.1 Å². The summed E-state index contributed by atoms with van der Waals surface area (Å²) in [5, 5.41) is 0. The molecule has 0 N–H and O–H groups in total. The molecule has 0 saturated carbocycles. The van der Waals surface area contributed by atoms with Crippen molar-refractivity contribution in [2.45, 2.75) is 25.7 Å². The minimum atomic E-state index is -0.762. The van der Waals surface area contributed by atoms with Crippen LogP contribution in [-0.4, -0.2) is 11.8 Å². The molecule has 0 bridgehead atoms. The Morgan fingerprint density at radius 2 is 1.68 bits per heavy atom. The van der Waals surface area contributed by atoms with Crippen LogP contribution in [0.1, 0.15) is 29.2 Å². The minimum absolute atomic E-state index is 0.139. The van der Waals surface area contributed by atoms with Crippen LogP contribution in [0.25, 0.3) is 0 Å². The molecule has 1 fully saturated rings. The van der Waals surface area contributed by atoms with Gasteiger partial charge in [-0.2, -0.15) is 0 Å². The Balaban J connectivity index is 1.62. The molecule has 2 aromatic rings. The van der Waals surface area contributed by atoms with Crippen LogP contribution >= 0.6 is 0 Å². The Hall–Kier alpha value is -2.46. The van der Waals surface area contributed by atoms with Crippen LogP contribution in [0, 0.1) is 0 Å². The predicted molar refractivity (Wildman–Crippen MR) is 79.8 cm³/mol. The fraction of sp³-hybridized carbons (Fsp3) is 0.222. The average molecular weight is 296 g/mol. The number of carbonyl (C=O) groups is 2. The number of rotatable bonds is 5. The molecule has 1 unspecified atom stereocenters. The molecular weight excluding hydrogens is 280 g/mol. The second-order valence-electron chi connectivity index (χ2n) is 5.24. The summed E-state index contributed by atoms with van der Waals surface area (Å²) < 4.78 is 10.7. The van der Waals surface area contributed by atoms with Gasteiger partial charge < -0.3 is 9.47 Å². The lowest BCUT2D eigenvalue weighted by molar-refractivity contribution is -0.142. The van der Waals surface area contributed by atoms with Crippen LogP contribution in [0.15, 0.2) is 54.6 Å². The van der Waals surface area contributed by atoms with Gasteiger partial charge >= 0.3 is 5.97 Å². The highest BCUT2D eigenvalue weighted by molar-refractivity contribution is 6.03. The van der Waals surface area contributed by atoms with Crippen molar-refractivity contribution >= 4 is 11.8 Å². The first-order valence-electron chi connectivity index (χ1n) is 7.15. The molecule has 0 radical (unpaired) electrons.